The third kappa shape index (κ3) is 4.87. The topological polar surface area (TPSA) is 124 Å². The van der Waals surface area contributed by atoms with Crippen LogP contribution in [-0.2, 0) is 19.6 Å². The van der Waals surface area contributed by atoms with E-state index in [1.807, 2.05) is 6.92 Å². The number of carbonyl (C=O) groups is 1. The number of fused-ring (bicyclic) bond motifs is 1. The zero-order valence-electron chi connectivity index (χ0n) is 20.9. The van der Waals surface area contributed by atoms with E-state index in [1.165, 1.54) is 0 Å². The Balaban J connectivity index is 1.21. The predicted molar refractivity (Wildman–Crippen MR) is 135 cm³/mol. The molecule has 9 unspecified atom stereocenters. The van der Waals surface area contributed by atoms with Gasteiger partial charge in [-0.15, -0.1) is 11.8 Å². The fourth-order valence-corrected chi connectivity index (χ4v) is 10.1. The average molecular weight is 526 g/mol. The number of amides is 1. The number of carbonyl (C=O) groups excluding carboxylic acids is 1. The highest BCUT2D eigenvalue weighted by Crippen LogP contribution is 2.47. The summed E-state index contributed by atoms with van der Waals surface area (Å²) in [6, 6.07) is 2.82. The predicted octanol–water partition coefficient (Wildman–Crippen LogP) is 1.23. The summed E-state index contributed by atoms with van der Waals surface area (Å²) in [5.41, 5.74) is -0.213. The Morgan fingerprint density at radius 2 is 2.00 bits per heavy atom. The normalized spacial score (nSPS) is 43.3. The Morgan fingerprint density at radius 1 is 1.23 bits per heavy atom. The van der Waals surface area contributed by atoms with Crippen molar-refractivity contribution in [2.24, 2.45) is 23.7 Å². The van der Waals surface area contributed by atoms with E-state index in [2.05, 4.69) is 28.9 Å². The standard InChI is InChI=1S/C24H39N5O4S2/c1-14-8-16(17-9-15(10-25)4-5-20(17)33-3)18(11-26-14)22(30)28-23-27-19-12-29(13-21(19)34-23)35(31,32)24(2)6-7-24/h14-21,23,26-27H,4-9,11-13H2,1-3H3,(H,28,30). The monoisotopic (exact) mass is 525 g/mol. The molecule has 2 saturated carbocycles. The van der Waals surface area contributed by atoms with Crippen LogP contribution in [0.15, 0.2) is 0 Å². The third-order valence-corrected chi connectivity index (χ3v) is 13.1. The minimum absolute atomic E-state index is 0.0308. The molecule has 0 aromatic rings. The molecule has 0 aromatic carbocycles. The third-order valence-electron chi connectivity index (χ3n) is 9.13. The number of methoxy groups -OCH3 is 1. The van der Waals surface area contributed by atoms with Crippen LogP contribution in [0.5, 0.6) is 0 Å². The van der Waals surface area contributed by atoms with Crippen molar-refractivity contribution in [3.8, 4) is 6.07 Å². The van der Waals surface area contributed by atoms with Crippen LogP contribution in [0.2, 0.25) is 0 Å². The molecule has 9 nitrogen and oxygen atoms in total. The van der Waals surface area contributed by atoms with Crippen LogP contribution >= 0.6 is 11.8 Å². The average Bonchev–Trinajstić information content (AvgIpc) is 3.31. The Labute approximate surface area is 213 Å². The van der Waals surface area contributed by atoms with Gasteiger partial charge in [0.2, 0.25) is 15.9 Å². The molecule has 3 N–H and O–H groups in total. The molecule has 1 amide bonds. The van der Waals surface area contributed by atoms with Gasteiger partial charge in [0.1, 0.15) is 5.50 Å². The number of nitriles is 1. The Hall–Kier alpha value is -0.900. The lowest BCUT2D eigenvalue weighted by Gasteiger charge is -2.44. The quantitative estimate of drug-likeness (QED) is 0.473. The first-order valence-electron chi connectivity index (χ1n) is 13.0. The molecule has 35 heavy (non-hydrogen) atoms. The Morgan fingerprint density at radius 3 is 2.66 bits per heavy atom. The van der Waals surface area contributed by atoms with Gasteiger partial charge in [0.25, 0.3) is 0 Å². The molecule has 3 heterocycles. The lowest BCUT2D eigenvalue weighted by molar-refractivity contribution is -0.131. The molecule has 11 heteroatoms. The minimum Gasteiger partial charge on any atom is -0.381 e. The molecule has 5 rings (SSSR count). The second-order valence-corrected chi connectivity index (χ2v) is 15.3. The number of ether oxygens (including phenoxy) is 1. The van der Waals surface area contributed by atoms with E-state index in [0.29, 0.717) is 25.7 Å². The number of piperidine rings is 1. The molecule has 196 valence electrons. The highest BCUT2D eigenvalue weighted by Gasteiger charge is 2.56. The lowest BCUT2D eigenvalue weighted by atomic mass is 9.66. The summed E-state index contributed by atoms with van der Waals surface area (Å²) in [5.74, 6) is 0.246. The first kappa shape index (κ1) is 25.7. The van der Waals surface area contributed by atoms with Crippen LogP contribution in [0.1, 0.15) is 52.4 Å². The lowest BCUT2D eigenvalue weighted by Crippen LogP contribution is -2.55. The van der Waals surface area contributed by atoms with Gasteiger partial charge in [-0.25, -0.2) is 8.42 Å². The maximum absolute atomic E-state index is 13.5. The van der Waals surface area contributed by atoms with Crippen molar-refractivity contribution < 1.29 is 17.9 Å². The summed E-state index contributed by atoms with van der Waals surface area (Å²) in [6.45, 7) is 5.60. The largest absolute Gasteiger partial charge is 0.381 e. The van der Waals surface area contributed by atoms with E-state index in [9.17, 15) is 18.5 Å². The van der Waals surface area contributed by atoms with Gasteiger partial charge in [-0.05, 0) is 64.2 Å². The van der Waals surface area contributed by atoms with Crippen molar-refractivity contribution in [3.63, 3.8) is 0 Å². The van der Waals surface area contributed by atoms with Gasteiger partial charge in [0, 0.05) is 50.0 Å². The molecule has 0 bridgehead atoms. The Bertz CT molecular complexity index is 953. The van der Waals surface area contributed by atoms with Crippen molar-refractivity contribution >= 4 is 27.7 Å². The van der Waals surface area contributed by atoms with E-state index < -0.39 is 14.8 Å². The molecule has 0 spiro atoms. The first-order valence-corrected chi connectivity index (χ1v) is 15.4. The molecular formula is C24H39N5O4S2. The number of nitrogens with zero attached hydrogens (tertiary/aromatic N) is 2. The van der Waals surface area contributed by atoms with Gasteiger partial charge < -0.3 is 15.4 Å². The van der Waals surface area contributed by atoms with Crippen molar-refractivity contribution in [1.29, 1.82) is 5.26 Å². The van der Waals surface area contributed by atoms with Crippen LogP contribution in [-0.4, -0.2) is 79.1 Å². The van der Waals surface area contributed by atoms with Crippen LogP contribution in [0, 0.1) is 35.0 Å². The van der Waals surface area contributed by atoms with Gasteiger partial charge in [-0.3, -0.25) is 10.1 Å². The summed E-state index contributed by atoms with van der Waals surface area (Å²) >= 11 is 1.63. The maximum atomic E-state index is 13.5. The molecular weight excluding hydrogens is 486 g/mol. The van der Waals surface area contributed by atoms with Gasteiger partial charge >= 0.3 is 0 Å². The molecule has 0 aromatic heterocycles. The van der Waals surface area contributed by atoms with Gasteiger partial charge in [0.05, 0.1) is 22.8 Å². The summed E-state index contributed by atoms with van der Waals surface area (Å²) in [7, 11) is -1.51. The van der Waals surface area contributed by atoms with E-state index in [4.69, 9.17) is 4.74 Å². The van der Waals surface area contributed by atoms with E-state index >= 15 is 0 Å². The number of nitrogens with one attached hydrogen (secondary N) is 3. The number of rotatable bonds is 6. The number of thioether (sulfide) groups is 1. The van der Waals surface area contributed by atoms with Crippen molar-refractivity contribution in [2.75, 3.05) is 26.7 Å². The fourth-order valence-electron chi connectivity index (χ4n) is 6.63. The SMILES string of the molecule is COC1CCC(C#N)CC1C1CC(C)NCC1C(=O)NC1NC2CN(S(=O)(=O)C3(C)CC3)CC2S1. The molecule has 2 aliphatic carbocycles. The summed E-state index contributed by atoms with van der Waals surface area (Å²) in [5, 5.41) is 19.9. The number of hydrogen-bond donors (Lipinski definition) is 3. The highest BCUT2D eigenvalue weighted by molar-refractivity contribution is 8.00. The molecule has 3 aliphatic heterocycles. The van der Waals surface area contributed by atoms with E-state index in [1.54, 1.807) is 23.2 Å². The van der Waals surface area contributed by atoms with Crippen molar-refractivity contribution in [3.05, 3.63) is 0 Å². The molecule has 9 atom stereocenters. The van der Waals surface area contributed by atoms with Crippen molar-refractivity contribution in [1.82, 2.24) is 20.3 Å². The second-order valence-electron chi connectivity index (χ2n) is 11.5. The summed E-state index contributed by atoms with van der Waals surface area (Å²) < 4.78 is 32.7. The van der Waals surface area contributed by atoms with E-state index in [-0.39, 0.29) is 52.5 Å². The summed E-state index contributed by atoms with van der Waals surface area (Å²) in [4.78, 5) is 13.5. The van der Waals surface area contributed by atoms with Gasteiger partial charge in [-0.1, -0.05) is 0 Å². The smallest absolute Gasteiger partial charge is 0.226 e. The molecule has 5 aliphatic rings. The fraction of sp³-hybridized carbons (Fsp3) is 0.917. The molecule has 3 saturated heterocycles. The number of hydrogen-bond acceptors (Lipinski definition) is 8. The zero-order valence-corrected chi connectivity index (χ0v) is 22.5. The number of sulfonamides is 1. The van der Waals surface area contributed by atoms with Crippen LogP contribution in [0.25, 0.3) is 0 Å². The molecule has 0 radical (unpaired) electrons. The maximum Gasteiger partial charge on any atom is 0.226 e. The summed E-state index contributed by atoms with van der Waals surface area (Å²) in [6.07, 6.45) is 4.99. The van der Waals surface area contributed by atoms with Gasteiger partial charge in [0.15, 0.2) is 0 Å². The van der Waals surface area contributed by atoms with Crippen LogP contribution in [0.3, 0.4) is 0 Å². The van der Waals surface area contributed by atoms with Crippen LogP contribution < -0.4 is 16.0 Å². The van der Waals surface area contributed by atoms with E-state index in [0.717, 1.165) is 38.5 Å². The highest BCUT2D eigenvalue weighted by atomic mass is 32.2. The molecule has 5 fully saturated rings. The second kappa shape index (κ2) is 9.76. The minimum atomic E-state index is -3.25. The van der Waals surface area contributed by atoms with Crippen molar-refractivity contribution in [2.45, 2.75) is 86.1 Å². The van der Waals surface area contributed by atoms with Crippen LogP contribution in [0.4, 0.5) is 0 Å². The van der Waals surface area contributed by atoms with Gasteiger partial charge in [-0.2, -0.15) is 9.57 Å². The Kier molecular flexibility index (Phi) is 7.18. The first-order chi connectivity index (χ1) is 16.6. The zero-order chi connectivity index (χ0) is 25.0.